The maximum absolute atomic E-state index is 14.8. The maximum Gasteiger partial charge on any atom is 0.326 e. The van der Waals surface area contributed by atoms with E-state index in [1.54, 1.807) is 0 Å². The molecule has 7 amide bonds. The summed E-state index contributed by atoms with van der Waals surface area (Å²) in [4.78, 5) is 229. The Morgan fingerprint density at radius 3 is 1.21 bits per heavy atom. The van der Waals surface area contributed by atoms with Crippen molar-refractivity contribution in [1.29, 1.82) is 0 Å². The zero-order valence-electron chi connectivity index (χ0n) is 65.5. The minimum atomic E-state index is -2.21. The van der Waals surface area contributed by atoms with Crippen LogP contribution < -0.4 is 53.8 Å². The first-order chi connectivity index (χ1) is 57.4. The number of Topliss-reactive ketones (excluding diaryl/α,β-unsaturated/α-hetero) is 4. The van der Waals surface area contributed by atoms with Gasteiger partial charge >= 0.3 is 23.9 Å². The molecule has 50 heteroatoms. The molecule has 20 atom stereocenters. The molecule has 2 heterocycles. The lowest BCUT2D eigenvalue weighted by Crippen LogP contribution is -2.50. The molecular formula is C72H107N13O35S2. The van der Waals surface area contributed by atoms with Crippen LogP contribution in [-0.2, 0) is 73.7 Å². The van der Waals surface area contributed by atoms with E-state index in [2.05, 4.69) is 87.7 Å². The number of benzene rings is 1. The van der Waals surface area contributed by atoms with E-state index >= 15 is 0 Å². The topological polar surface area (TPSA) is 834 Å². The van der Waals surface area contributed by atoms with Gasteiger partial charge in [0, 0.05) is 124 Å². The molecule has 0 bridgehead atoms. The van der Waals surface area contributed by atoms with E-state index in [0.717, 1.165) is 0 Å². The number of nitrogen functional groups attached to an aromatic ring is 1. The molecule has 0 aliphatic heterocycles. The number of nitrogens with zero attached hydrogens (tertiary/aromatic N) is 3. The SMILES string of the molecule is Nc1nc2ncc(CNc3ccc(C(=O)N[C@@H](CCC(=O)C[C@@H](CCC(=O)NC[C@H](O)[C@@H](O)[C@H](O)[C@H](O)CO)C(=O)N[C@@H](CCC(=O)O)C(=O)C[C@@H](CCC(=O)NC[C@H](O)[C@@H](O)[C@H](O)[C@H](O)CO)C(=O)N[C@@H](CS)C(=O)C[C@@H](CCC(=O)O)C(=O)N[C@@H](CCC(=O)NC[C@H](O)[C@@H](O)[C@H](O)[C@H](O)CO)C(=O)C[C@@H](CS)C(=O)O)C(=O)O)cc3)nc2c(=O)[nH]1. The van der Waals surface area contributed by atoms with E-state index in [-0.39, 0.29) is 29.2 Å². The normalized spacial score (nSPS) is 16.4. The number of nitrogens with two attached hydrogens (primary N) is 1. The number of aliphatic carboxylic acids is 4. The summed E-state index contributed by atoms with van der Waals surface area (Å²) in [6, 6.07) is -2.02. The fraction of sp³-hybridized carbons (Fsp3) is 0.625. The summed E-state index contributed by atoms with van der Waals surface area (Å²) < 4.78 is 0. The third-order valence-corrected chi connectivity index (χ3v) is 20.0. The van der Waals surface area contributed by atoms with E-state index in [9.17, 15) is 169 Å². The number of hydrogen-bond donors (Lipinski definition) is 31. The largest absolute Gasteiger partial charge is 0.481 e. The lowest BCUT2D eigenvalue weighted by atomic mass is 9.89. The van der Waals surface area contributed by atoms with Crippen molar-refractivity contribution in [1.82, 2.24) is 57.2 Å². The number of carbonyl (C=O) groups excluding carboxylic acids is 11. The monoisotopic (exact) mass is 1780 g/mol. The van der Waals surface area contributed by atoms with Crippen LogP contribution in [0.2, 0.25) is 0 Å². The molecule has 0 aliphatic rings. The number of carbonyl (C=O) groups is 15. The van der Waals surface area contributed by atoms with Crippen molar-refractivity contribution in [3.8, 4) is 0 Å². The first-order valence-corrected chi connectivity index (χ1v) is 39.2. The summed E-state index contributed by atoms with van der Waals surface area (Å²) in [5, 5.41) is 207. The number of carboxylic acids is 4. The lowest BCUT2D eigenvalue weighted by molar-refractivity contribution is -0.143. The molecule has 48 nitrogen and oxygen atoms in total. The molecular weight excluding hydrogens is 1670 g/mol. The molecule has 0 unspecified atom stereocenters. The molecule has 30 N–H and O–H groups in total. The van der Waals surface area contributed by atoms with Gasteiger partial charge < -0.3 is 145 Å². The Morgan fingerprint density at radius 2 is 0.803 bits per heavy atom. The number of anilines is 2. The minimum absolute atomic E-state index is 0.0112. The Hall–Kier alpha value is -10.0. The molecule has 0 radical (unpaired) electrons. The Morgan fingerprint density at radius 1 is 0.426 bits per heavy atom. The number of amides is 7. The number of aliphatic hydroxyl groups is 15. The smallest absolute Gasteiger partial charge is 0.326 e. The predicted molar refractivity (Wildman–Crippen MR) is 422 cm³/mol. The number of aliphatic hydroxyl groups excluding tert-OH is 15. The number of rotatable bonds is 62. The highest BCUT2D eigenvalue weighted by molar-refractivity contribution is 7.80. The fourth-order valence-corrected chi connectivity index (χ4v) is 12.3. The molecule has 3 rings (SSSR count). The zero-order chi connectivity index (χ0) is 91.9. The van der Waals surface area contributed by atoms with Crippen molar-refractivity contribution in [3.63, 3.8) is 0 Å². The van der Waals surface area contributed by atoms with Gasteiger partial charge in [-0.1, -0.05) is 0 Å². The predicted octanol–water partition coefficient (Wildman–Crippen LogP) is -10.7. The van der Waals surface area contributed by atoms with E-state index in [1.165, 1.54) is 30.5 Å². The van der Waals surface area contributed by atoms with Crippen molar-refractivity contribution >= 4 is 136 Å². The number of ketones is 4. The Kier molecular flexibility index (Phi) is 46.8. The number of H-pyrrole nitrogens is 1. The average molecular weight is 1780 g/mol. The number of hydrogen-bond acceptors (Lipinski definition) is 38. The molecule has 1 aromatic carbocycles. The van der Waals surface area contributed by atoms with E-state index in [1.807, 2.05) is 0 Å². The van der Waals surface area contributed by atoms with Crippen LogP contribution in [0.3, 0.4) is 0 Å². The van der Waals surface area contributed by atoms with Crippen molar-refractivity contribution in [2.75, 3.05) is 62.0 Å². The zero-order valence-corrected chi connectivity index (χ0v) is 67.2. The van der Waals surface area contributed by atoms with Crippen LogP contribution in [0.15, 0.2) is 35.3 Å². The molecule has 0 saturated heterocycles. The first-order valence-electron chi connectivity index (χ1n) is 38.0. The van der Waals surface area contributed by atoms with E-state index < -0.39 is 369 Å². The van der Waals surface area contributed by atoms with Crippen LogP contribution in [0.4, 0.5) is 11.6 Å². The second-order valence-corrected chi connectivity index (χ2v) is 29.3. The Bertz CT molecular complexity index is 4080. The van der Waals surface area contributed by atoms with Crippen LogP contribution in [0.25, 0.3) is 11.2 Å². The second kappa shape index (κ2) is 53.8. The van der Waals surface area contributed by atoms with E-state index in [0.29, 0.717) is 11.4 Å². The summed E-state index contributed by atoms with van der Waals surface area (Å²) in [5.74, 6) is -26.9. The highest BCUT2D eigenvalue weighted by Gasteiger charge is 2.39. The van der Waals surface area contributed by atoms with Gasteiger partial charge in [0.05, 0.1) is 80.6 Å². The van der Waals surface area contributed by atoms with Crippen molar-refractivity contribution < 1.29 is 169 Å². The van der Waals surface area contributed by atoms with Crippen LogP contribution in [0.5, 0.6) is 0 Å². The molecule has 0 fully saturated rings. The van der Waals surface area contributed by atoms with Crippen LogP contribution in [0.1, 0.15) is 119 Å². The molecule has 0 saturated carbocycles. The van der Waals surface area contributed by atoms with Gasteiger partial charge in [-0.2, -0.15) is 30.2 Å². The van der Waals surface area contributed by atoms with Gasteiger partial charge in [0.25, 0.3) is 11.5 Å². The van der Waals surface area contributed by atoms with Gasteiger partial charge in [-0.05, 0) is 62.8 Å². The molecule has 682 valence electrons. The van der Waals surface area contributed by atoms with Crippen LogP contribution >= 0.6 is 25.3 Å². The highest BCUT2D eigenvalue weighted by atomic mass is 32.1. The van der Waals surface area contributed by atoms with Gasteiger partial charge in [0.15, 0.2) is 28.5 Å². The first kappa shape index (κ1) is 106. The number of carboxylic acid groups (broad SMARTS) is 4. The van der Waals surface area contributed by atoms with Crippen molar-refractivity contribution in [3.05, 3.63) is 52.1 Å². The fourth-order valence-electron chi connectivity index (χ4n) is 11.7. The summed E-state index contributed by atoms with van der Waals surface area (Å²) in [5.41, 5.74) is 5.43. The summed E-state index contributed by atoms with van der Waals surface area (Å²) >= 11 is 8.12. The third kappa shape index (κ3) is 36.6. The quantitative estimate of drug-likeness (QED) is 0.0233. The summed E-state index contributed by atoms with van der Waals surface area (Å²) in [6.07, 6.45) is -36.7. The Labute approximate surface area is 704 Å². The summed E-state index contributed by atoms with van der Waals surface area (Å²) in [6.45, 7) is -5.75. The third-order valence-electron chi connectivity index (χ3n) is 19.2. The van der Waals surface area contributed by atoms with Gasteiger partial charge in [-0.25, -0.2) is 14.8 Å². The lowest BCUT2D eigenvalue weighted by Gasteiger charge is -2.26. The van der Waals surface area contributed by atoms with Gasteiger partial charge in [-0.3, -0.25) is 76.9 Å². The maximum atomic E-state index is 14.8. The van der Waals surface area contributed by atoms with Crippen LogP contribution in [-0.4, -0.2) is 354 Å². The van der Waals surface area contributed by atoms with E-state index in [4.69, 9.17) is 10.8 Å². The highest BCUT2D eigenvalue weighted by Crippen LogP contribution is 2.24. The second-order valence-electron chi connectivity index (χ2n) is 28.5. The van der Waals surface area contributed by atoms with Crippen LogP contribution in [0, 0.1) is 23.7 Å². The average Bonchev–Trinajstić information content (AvgIpc) is 0.809. The van der Waals surface area contributed by atoms with Crippen molar-refractivity contribution in [2.24, 2.45) is 23.7 Å². The van der Waals surface area contributed by atoms with Crippen molar-refractivity contribution in [2.45, 2.75) is 207 Å². The molecule has 2 aromatic heterocycles. The number of fused-ring (bicyclic) bond motifs is 1. The Balaban J connectivity index is 2.03. The molecule has 0 aliphatic carbocycles. The molecule has 122 heavy (non-hydrogen) atoms. The molecule has 0 spiro atoms. The number of aromatic nitrogens is 4. The number of nitrogens with one attached hydrogen (secondary N) is 9. The number of aromatic amines is 1. The number of thiol groups is 2. The van der Waals surface area contributed by atoms with Gasteiger partial charge in [0.2, 0.25) is 41.4 Å². The molecule has 3 aromatic rings. The summed E-state index contributed by atoms with van der Waals surface area (Å²) in [7, 11) is 0. The minimum Gasteiger partial charge on any atom is -0.481 e. The van der Waals surface area contributed by atoms with Gasteiger partial charge in [-0.15, -0.1) is 0 Å². The standard InChI is InChI=1S/C72H107N13O35S2/c73-72-84-64-57(69(116)85-72)79-37(22-78-64)21-74-36-6-1-31(2-7-36)65(112)82-41(71(119)120)9-8-38(89)17-32(3-12-52(99)75-23-46(93)58(106)61(109)49(96)26-86)66(113)81-40(11-16-56(104)105)43(90)18-33(4-13-53(100)76-24-47(94)59(107)62(110)50(97)27-87)68(115)83-42(30-122)45(92)19-34(5-15-55(102)103)67(114)80-39(44(91)20-35(29-121)70(117)118)10-14-54(101)77-25-48(95)60(108)63(111)51(98)28-88/h1-2,6-7,22,32-35,39-42,46-51,58-63,74,86-88,93-98,106-111,121-122H,3-5,8-21,23-30H2,(H,75,99)(H,76,100)(H,77,101)(H,80,114)(H,81,113)(H,82,112)(H,83,115)(H,102,103)(H,104,105)(H,117,118)(H,119,120)(H3,73,78,84,85,116)/t32-,33-,34-,35+,39+,40+,41+,42+,46+,47+,48+,49-,50-,51-,58-,59-,60-,61-,62-,63-/m1/s1. The van der Waals surface area contributed by atoms with Gasteiger partial charge in [0.1, 0.15) is 66.8 Å².